The fraction of sp³-hybridized carbons (Fsp3) is 0.286. The first-order chi connectivity index (χ1) is 10.4. The van der Waals surface area contributed by atoms with Gasteiger partial charge in [-0.2, -0.15) is 0 Å². The van der Waals surface area contributed by atoms with Gasteiger partial charge in [-0.15, -0.1) is 22.7 Å². The Hall–Kier alpha value is -2.06. The lowest BCUT2D eigenvalue weighted by molar-refractivity contribution is -0.117. The lowest BCUT2D eigenvalue weighted by Crippen LogP contribution is -2.15. The van der Waals surface area contributed by atoms with E-state index in [0.29, 0.717) is 15.7 Å². The maximum absolute atomic E-state index is 11.9. The number of nitrogens with one attached hydrogen (secondary N) is 1. The van der Waals surface area contributed by atoms with Crippen molar-refractivity contribution in [2.75, 3.05) is 5.32 Å². The number of aromatic nitrogens is 1. The summed E-state index contributed by atoms with van der Waals surface area (Å²) in [6, 6.07) is 3.66. The van der Waals surface area contributed by atoms with Crippen LogP contribution in [0.3, 0.4) is 0 Å². The van der Waals surface area contributed by atoms with Gasteiger partial charge in [-0.25, -0.2) is 4.98 Å². The highest BCUT2D eigenvalue weighted by Gasteiger charge is 2.12. The maximum Gasteiger partial charge on any atom is 0.226 e. The fourth-order valence-corrected chi connectivity index (χ4v) is 3.30. The third-order valence-electron chi connectivity index (χ3n) is 2.75. The molecule has 0 aliphatic rings. The second kappa shape index (κ2) is 7.28. The van der Waals surface area contributed by atoms with E-state index in [9.17, 15) is 14.4 Å². The van der Waals surface area contributed by atoms with Gasteiger partial charge in [0.2, 0.25) is 11.8 Å². The molecule has 2 amide bonds. The van der Waals surface area contributed by atoms with Crippen molar-refractivity contribution in [1.29, 1.82) is 0 Å². The van der Waals surface area contributed by atoms with Gasteiger partial charge in [0, 0.05) is 23.1 Å². The summed E-state index contributed by atoms with van der Waals surface area (Å²) in [5, 5.41) is 4.69. The van der Waals surface area contributed by atoms with Crippen LogP contribution in [0, 0.1) is 6.92 Å². The van der Waals surface area contributed by atoms with Crippen LogP contribution in [0.2, 0.25) is 0 Å². The molecule has 0 saturated heterocycles. The quantitative estimate of drug-likeness (QED) is 0.756. The molecular weight excluding hydrogens is 322 g/mol. The average molecular weight is 337 g/mol. The van der Waals surface area contributed by atoms with E-state index in [-0.39, 0.29) is 31.0 Å². The normalized spacial score (nSPS) is 10.4. The molecule has 2 heterocycles. The number of aryl methyl sites for hydroxylation is 1. The van der Waals surface area contributed by atoms with E-state index >= 15 is 0 Å². The molecule has 0 aliphatic heterocycles. The molecule has 0 unspecified atom stereocenters. The van der Waals surface area contributed by atoms with Gasteiger partial charge in [0.15, 0.2) is 10.9 Å². The van der Waals surface area contributed by atoms with Gasteiger partial charge in [-0.3, -0.25) is 14.4 Å². The number of rotatable bonds is 7. The van der Waals surface area contributed by atoms with Crippen LogP contribution in [0.1, 0.15) is 33.1 Å². The Balaban J connectivity index is 1.81. The molecule has 0 spiro atoms. The zero-order chi connectivity index (χ0) is 16.1. The first kappa shape index (κ1) is 16.3. The van der Waals surface area contributed by atoms with Gasteiger partial charge in [0.05, 0.1) is 17.0 Å². The Morgan fingerprint density at radius 2 is 2.05 bits per heavy atom. The topological polar surface area (TPSA) is 102 Å². The molecule has 2 rings (SSSR count). The molecule has 0 aromatic carbocycles. The first-order valence-corrected chi connectivity index (χ1v) is 8.26. The van der Waals surface area contributed by atoms with E-state index in [4.69, 9.17) is 5.73 Å². The van der Waals surface area contributed by atoms with Crippen LogP contribution in [0.15, 0.2) is 17.5 Å². The van der Waals surface area contributed by atoms with Crippen molar-refractivity contribution in [2.45, 2.75) is 26.2 Å². The van der Waals surface area contributed by atoms with Crippen molar-refractivity contribution in [3.63, 3.8) is 0 Å². The molecule has 0 atom stereocenters. The highest BCUT2D eigenvalue weighted by atomic mass is 32.1. The van der Waals surface area contributed by atoms with Crippen LogP contribution in [-0.2, 0) is 16.0 Å². The molecule has 22 heavy (non-hydrogen) atoms. The molecule has 8 heteroatoms. The number of carbonyl (C=O) groups excluding carboxylic acids is 3. The summed E-state index contributed by atoms with van der Waals surface area (Å²) in [5.41, 5.74) is 5.60. The average Bonchev–Trinajstić information content (AvgIpc) is 3.05. The van der Waals surface area contributed by atoms with Gasteiger partial charge in [0.25, 0.3) is 0 Å². The van der Waals surface area contributed by atoms with Crippen molar-refractivity contribution < 1.29 is 14.4 Å². The molecule has 0 bridgehead atoms. The van der Waals surface area contributed by atoms with Crippen molar-refractivity contribution in [3.8, 4) is 0 Å². The molecule has 2 aromatic heterocycles. The van der Waals surface area contributed by atoms with E-state index in [1.165, 1.54) is 22.7 Å². The number of nitrogens with two attached hydrogens (primary N) is 1. The summed E-state index contributed by atoms with van der Waals surface area (Å²) in [5.74, 6) is -0.788. The third-order valence-corrected chi connectivity index (χ3v) is 4.60. The van der Waals surface area contributed by atoms with Gasteiger partial charge in [-0.1, -0.05) is 0 Å². The second-order valence-corrected chi connectivity index (χ2v) is 6.81. The Labute approximate surface area is 135 Å². The van der Waals surface area contributed by atoms with Gasteiger partial charge in [-0.05, 0) is 19.1 Å². The summed E-state index contributed by atoms with van der Waals surface area (Å²) in [7, 11) is 0. The summed E-state index contributed by atoms with van der Waals surface area (Å²) < 4.78 is 0. The summed E-state index contributed by atoms with van der Waals surface area (Å²) >= 11 is 2.65. The lowest BCUT2D eigenvalue weighted by Gasteiger charge is -2.00. The van der Waals surface area contributed by atoms with Crippen molar-refractivity contribution in [3.05, 3.63) is 33.0 Å². The van der Waals surface area contributed by atoms with Crippen LogP contribution in [0.4, 0.5) is 5.13 Å². The van der Waals surface area contributed by atoms with Gasteiger partial charge in [0.1, 0.15) is 0 Å². The number of thiazole rings is 1. The molecule has 0 aliphatic carbocycles. The number of nitrogens with zero attached hydrogens (tertiary/aromatic N) is 1. The highest BCUT2D eigenvalue weighted by Crippen LogP contribution is 2.19. The number of carbonyl (C=O) groups is 3. The third kappa shape index (κ3) is 4.74. The van der Waals surface area contributed by atoms with Crippen LogP contribution in [0.25, 0.3) is 0 Å². The smallest absolute Gasteiger partial charge is 0.226 e. The number of primary amides is 1. The number of ketones is 1. The molecular formula is C14H15N3O3S2. The zero-order valence-electron chi connectivity index (χ0n) is 11.9. The van der Waals surface area contributed by atoms with E-state index in [2.05, 4.69) is 10.3 Å². The molecule has 0 fully saturated rings. The first-order valence-electron chi connectivity index (χ1n) is 6.56. The number of anilines is 1. The van der Waals surface area contributed by atoms with Crippen molar-refractivity contribution >= 4 is 45.4 Å². The van der Waals surface area contributed by atoms with Crippen LogP contribution >= 0.6 is 22.7 Å². The summed E-state index contributed by atoms with van der Waals surface area (Å²) in [4.78, 5) is 40.3. The van der Waals surface area contributed by atoms with Crippen molar-refractivity contribution in [1.82, 2.24) is 4.98 Å². The minimum atomic E-state index is -0.472. The molecule has 116 valence electrons. The summed E-state index contributed by atoms with van der Waals surface area (Å²) in [6.07, 6.45) is 0.300. The molecule has 0 saturated carbocycles. The molecule has 3 N–H and O–H groups in total. The van der Waals surface area contributed by atoms with Crippen molar-refractivity contribution in [2.24, 2.45) is 5.73 Å². The van der Waals surface area contributed by atoms with E-state index in [0.717, 1.165) is 4.88 Å². The van der Waals surface area contributed by atoms with E-state index in [1.807, 2.05) is 13.0 Å². The number of hydrogen-bond donors (Lipinski definition) is 2. The minimum absolute atomic E-state index is 0.0400. The van der Waals surface area contributed by atoms with Gasteiger partial charge < -0.3 is 11.1 Å². The maximum atomic E-state index is 11.9. The Morgan fingerprint density at radius 1 is 1.27 bits per heavy atom. The predicted octanol–water partition coefficient (Wildman–Crippen LogP) is 2.14. The molecule has 2 aromatic rings. The molecule has 0 radical (unpaired) electrons. The Kier molecular flexibility index (Phi) is 5.40. The highest BCUT2D eigenvalue weighted by molar-refractivity contribution is 7.14. The Morgan fingerprint density at radius 3 is 2.68 bits per heavy atom. The predicted molar refractivity (Wildman–Crippen MR) is 86.3 cm³/mol. The van der Waals surface area contributed by atoms with Gasteiger partial charge >= 0.3 is 0 Å². The second-order valence-electron chi connectivity index (χ2n) is 4.67. The van der Waals surface area contributed by atoms with Crippen LogP contribution in [0.5, 0.6) is 0 Å². The largest absolute Gasteiger partial charge is 0.369 e. The number of Topliss-reactive ketones (excluding diaryl/α,β-unsaturated/α-hetero) is 1. The standard InChI is InChI=1S/C14H15N3O3S2/c1-8-2-4-11(22-8)10(18)3-5-13(20)17-14-16-9(7-21-14)6-12(15)19/h2,4,7H,3,5-6H2,1H3,(H2,15,19)(H,16,17,20). The Bertz CT molecular complexity index is 706. The number of amides is 2. The van der Waals surface area contributed by atoms with E-state index < -0.39 is 5.91 Å². The van der Waals surface area contributed by atoms with Crippen LogP contribution < -0.4 is 11.1 Å². The molecule has 6 nitrogen and oxygen atoms in total. The summed E-state index contributed by atoms with van der Waals surface area (Å²) in [6.45, 7) is 1.93. The fourth-order valence-electron chi connectivity index (χ4n) is 1.74. The number of hydrogen-bond acceptors (Lipinski definition) is 6. The number of thiophene rings is 1. The van der Waals surface area contributed by atoms with Crippen LogP contribution in [-0.4, -0.2) is 22.6 Å². The minimum Gasteiger partial charge on any atom is -0.369 e. The SMILES string of the molecule is Cc1ccc(C(=O)CCC(=O)Nc2nc(CC(N)=O)cs2)s1. The zero-order valence-corrected chi connectivity index (χ0v) is 13.6. The van der Waals surface area contributed by atoms with E-state index in [1.54, 1.807) is 11.4 Å². The monoisotopic (exact) mass is 337 g/mol. The lowest BCUT2D eigenvalue weighted by atomic mass is 10.2.